The van der Waals surface area contributed by atoms with E-state index in [-0.39, 0.29) is 17.1 Å². The Hall–Kier alpha value is -1.89. The first-order valence-corrected chi connectivity index (χ1v) is 5.38. The van der Waals surface area contributed by atoms with Crippen molar-refractivity contribution in [2.24, 2.45) is 0 Å². The van der Waals surface area contributed by atoms with E-state index in [1.807, 2.05) is 0 Å². The lowest BCUT2D eigenvalue weighted by Crippen LogP contribution is -2.13. The molecule has 0 saturated heterocycles. The van der Waals surface area contributed by atoms with Gasteiger partial charge in [0.25, 0.3) is 5.88 Å². The first-order valence-electron chi connectivity index (χ1n) is 4.05. The highest BCUT2D eigenvalue weighted by Crippen LogP contribution is 2.34. The van der Waals surface area contributed by atoms with Gasteiger partial charge < -0.3 is 9.29 Å². The summed E-state index contributed by atoms with van der Waals surface area (Å²) in [5.74, 6) is -0.0362. The molecule has 1 aromatic heterocycles. The predicted octanol–water partition coefficient (Wildman–Crippen LogP) is 0.413. The minimum absolute atomic E-state index is 0.0338. The highest BCUT2D eigenvalue weighted by atomic mass is 32.3. The van der Waals surface area contributed by atoms with Crippen molar-refractivity contribution in [3.8, 4) is 11.6 Å². The van der Waals surface area contributed by atoms with E-state index < -0.39 is 10.4 Å². The second kappa shape index (κ2) is 2.37. The van der Waals surface area contributed by atoms with Gasteiger partial charge in [-0.15, -0.1) is 13.1 Å². The largest absolute Gasteiger partial charge is 0.522 e. The maximum absolute atomic E-state index is 11.0. The average molecular weight is 227 g/mol. The third-order valence-corrected chi connectivity index (χ3v) is 2.79. The number of fused-ring (bicyclic) bond motifs is 3. The zero-order valence-electron chi connectivity index (χ0n) is 7.25. The van der Waals surface area contributed by atoms with Crippen LogP contribution in [0, 0.1) is 0 Å². The van der Waals surface area contributed by atoms with Crippen molar-refractivity contribution in [3.63, 3.8) is 0 Å². The van der Waals surface area contributed by atoms with E-state index in [9.17, 15) is 13.5 Å². The molecule has 1 aliphatic rings. The predicted molar refractivity (Wildman–Crippen MR) is 49.7 cm³/mol. The van der Waals surface area contributed by atoms with Crippen LogP contribution in [-0.4, -0.2) is 18.3 Å². The van der Waals surface area contributed by atoms with Crippen LogP contribution in [0.5, 0.6) is 11.6 Å². The minimum atomic E-state index is -4.02. The second-order valence-electron chi connectivity index (χ2n) is 3.06. The van der Waals surface area contributed by atoms with Crippen LogP contribution < -0.4 is 8.47 Å². The topological polar surface area (TPSA) is 77.8 Å². The van der Waals surface area contributed by atoms with Crippen molar-refractivity contribution in [1.29, 1.82) is 0 Å². The van der Waals surface area contributed by atoms with Gasteiger partial charge >= 0.3 is 10.4 Å². The summed E-state index contributed by atoms with van der Waals surface area (Å²) in [5.41, 5.74) is 0.272. The number of hydrogen-bond acceptors (Lipinski definition) is 5. The zero-order valence-corrected chi connectivity index (χ0v) is 8.06. The first kappa shape index (κ1) is 8.42. The molecule has 0 bridgehead atoms. The van der Waals surface area contributed by atoms with Gasteiger partial charge in [0.05, 0.1) is 0 Å². The van der Waals surface area contributed by atoms with Crippen LogP contribution in [0.2, 0.25) is 0 Å². The quantitative estimate of drug-likeness (QED) is 0.705. The molecule has 0 unspecified atom stereocenters. The molecule has 15 heavy (non-hydrogen) atoms. The minimum Gasteiger partial charge on any atom is -0.506 e. The first-order chi connectivity index (χ1) is 7.07. The molecule has 6 nitrogen and oxygen atoms in total. The smallest absolute Gasteiger partial charge is 0.506 e. The summed E-state index contributed by atoms with van der Waals surface area (Å²) < 4.78 is 31.9. The molecule has 0 spiro atoms. The van der Waals surface area contributed by atoms with Gasteiger partial charge in [0.15, 0.2) is 0 Å². The van der Waals surface area contributed by atoms with E-state index in [4.69, 9.17) is 0 Å². The molecule has 0 saturated carbocycles. The molecular formula is C8H5NO5S. The fraction of sp³-hybridized carbons (Fsp3) is 0. The second-order valence-corrected chi connectivity index (χ2v) is 4.19. The van der Waals surface area contributed by atoms with Crippen molar-refractivity contribution >= 4 is 21.3 Å². The van der Waals surface area contributed by atoms with Crippen molar-refractivity contribution in [3.05, 3.63) is 24.3 Å². The summed E-state index contributed by atoms with van der Waals surface area (Å²) in [7, 11) is -4.02. The highest BCUT2D eigenvalue weighted by Gasteiger charge is 2.31. The molecule has 0 atom stereocenters. The molecular weight excluding hydrogens is 222 g/mol. The Balaban J connectivity index is 2.40. The van der Waals surface area contributed by atoms with E-state index in [0.717, 1.165) is 4.73 Å². The molecule has 0 aliphatic carbocycles. The Morgan fingerprint density at radius 3 is 2.93 bits per heavy atom. The summed E-state index contributed by atoms with van der Waals surface area (Å²) in [6.45, 7) is 0. The molecule has 1 aliphatic heterocycles. The number of rotatable bonds is 0. The maximum atomic E-state index is 11.0. The molecule has 0 amide bonds. The summed E-state index contributed by atoms with van der Waals surface area (Å²) in [5, 5.41) is 10.2. The number of aromatic hydroxyl groups is 1. The number of phenols is 1. The summed E-state index contributed by atoms with van der Waals surface area (Å²) in [6.07, 6.45) is 0. The van der Waals surface area contributed by atoms with Crippen LogP contribution in [0.3, 0.4) is 0 Å². The summed E-state index contributed by atoms with van der Waals surface area (Å²) in [6, 6.07) is 6.26. The number of aromatic nitrogens is 1. The van der Waals surface area contributed by atoms with Crippen molar-refractivity contribution in [2.75, 3.05) is 0 Å². The average Bonchev–Trinajstić information content (AvgIpc) is 2.56. The van der Waals surface area contributed by atoms with Gasteiger partial charge in [-0.2, -0.15) is 0 Å². The van der Waals surface area contributed by atoms with Crippen molar-refractivity contribution in [2.45, 2.75) is 0 Å². The van der Waals surface area contributed by atoms with Gasteiger partial charge in [-0.3, -0.25) is 4.28 Å². The van der Waals surface area contributed by atoms with Crippen LogP contribution in [0.4, 0.5) is 0 Å². The van der Waals surface area contributed by atoms with Crippen molar-refractivity contribution in [1.82, 2.24) is 4.73 Å². The van der Waals surface area contributed by atoms with E-state index in [1.165, 1.54) is 12.1 Å². The van der Waals surface area contributed by atoms with Crippen molar-refractivity contribution < 1.29 is 22.0 Å². The SMILES string of the molecule is O=S1(=O)Oc2cc3cccc(O)c3n2O1. The fourth-order valence-corrected chi connectivity index (χ4v) is 2.22. The number of phenolic OH excluding ortho intramolecular Hbond substituents is 1. The zero-order chi connectivity index (χ0) is 10.6. The van der Waals surface area contributed by atoms with Gasteiger partial charge in [0, 0.05) is 11.5 Å². The molecule has 2 heterocycles. The molecule has 1 aromatic carbocycles. The van der Waals surface area contributed by atoms with Gasteiger partial charge in [0.2, 0.25) is 0 Å². The highest BCUT2D eigenvalue weighted by molar-refractivity contribution is 7.82. The lowest BCUT2D eigenvalue weighted by molar-refractivity contribution is 0.309. The van der Waals surface area contributed by atoms with Crippen LogP contribution in [0.25, 0.3) is 10.9 Å². The monoisotopic (exact) mass is 227 g/mol. The molecule has 0 radical (unpaired) electrons. The third-order valence-electron chi connectivity index (χ3n) is 2.08. The molecule has 1 N–H and O–H groups in total. The van der Waals surface area contributed by atoms with E-state index in [2.05, 4.69) is 8.47 Å². The molecule has 0 fully saturated rings. The van der Waals surface area contributed by atoms with Gasteiger partial charge in [-0.1, -0.05) is 12.1 Å². The number of benzene rings is 1. The van der Waals surface area contributed by atoms with Gasteiger partial charge in [-0.25, -0.2) is 0 Å². The molecule has 3 rings (SSSR count). The Labute approximate surface area is 84.5 Å². The molecule has 7 heteroatoms. The number of hydrogen-bond donors (Lipinski definition) is 1. The van der Waals surface area contributed by atoms with E-state index >= 15 is 0 Å². The lowest BCUT2D eigenvalue weighted by atomic mass is 10.2. The van der Waals surface area contributed by atoms with E-state index in [0.29, 0.717) is 5.39 Å². The molecule has 78 valence electrons. The standard InChI is InChI=1S/C8H5NO5S/c10-6-3-1-2-5-4-7-9(8(5)6)14-15(11,12)13-7/h1-4,10H. The van der Waals surface area contributed by atoms with Crippen LogP contribution >= 0.6 is 0 Å². The van der Waals surface area contributed by atoms with Gasteiger partial charge in [-0.05, 0) is 6.07 Å². The Bertz CT molecular complexity index is 657. The van der Waals surface area contributed by atoms with Crippen LogP contribution in [0.1, 0.15) is 0 Å². The Morgan fingerprint density at radius 2 is 2.13 bits per heavy atom. The van der Waals surface area contributed by atoms with Crippen LogP contribution in [0.15, 0.2) is 24.3 Å². The third kappa shape index (κ3) is 1.06. The summed E-state index contributed by atoms with van der Waals surface area (Å²) in [4.78, 5) is 0. The van der Waals surface area contributed by atoms with Crippen LogP contribution in [-0.2, 0) is 10.4 Å². The molecule has 2 aromatic rings. The maximum Gasteiger partial charge on any atom is 0.522 e. The Kier molecular flexibility index (Phi) is 1.33. The van der Waals surface area contributed by atoms with E-state index in [1.54, 1.807) is 12.1 Å². The van der Waals surface area contributed by atoms with Gasteiger partial charge in [0.1, 0.15) is 11.3 Å². The Morgan fingerprint density at radius 1 is 1.33 bits per heavy atom. The lowest BCUT2D eigenvalue weighted by Gasteiger charge is -1.98. The number of nitrogens with zero attached hydrogens (tertiary/aromatic N) is 1. The normalized spacial score (nSPS) is 17.1. The summed E-state index contributed by atoms with van der Waals surface area (Å²) >= 11 is 0. The fourth-order valence-electron chi connectivity index (χ4n) is 1.53. The number of para-hydroxylation sites is 1.